The second kappa shape index (κ2) is 5.61. The van der Waals surface area contributed by atoms with Gasteiger partial charge in [0.05, 0.1) is 0 Å². The van der Waals surface area contributed by atoms with Crippen LogP contribution in [0, 0.1) is 0 Å². The molecule has 0 saturated heterocycles. The van der Waals surface area contributed by atoms with Gasteiger partial charge in [-0.25, -0.2) is 0 Å². The van der Waals surface area contributed by atoms with Crippen LogP contribution in [-0.4, -0.2) is 8.86 Å². The summed E-state index contributed by atoms with van der Waals surface area (Å²) in [5.41, 5.74) is 0.187. The Hall–Kier alpha value is -0.560. The van der Waals surface area contributed by atoms with Crippen molar-refractivity contribution in [2.24, 2.45) is 0 Å². The molecule has 100 valence electrons. The van der Waals surface area contributed by atoms with Crippen molar-refractivity contribution in [1.29, 1.82) is 0 Å². The molecular formula is C13H14F3IO. The van der Waals surface area contributed by atoms with Crippen LogP contribution >= 0.6 is 20.2 Å². The van der Waals surface area contributed by atoms with Gasteiger partial charge < -0.3 is 0 Å². The Morgan fingerprint density at radius 1 is 1.28 bits per heavy atom. The number of hydrogen-bond acceptors (Lipinski definition) is 1. The first kappa shape index (κ1) is 13.9. The van der Waals surface area contributed by atoms with Crippen molar-refractivity contribution in [1.82, 2.24) is 0 Å². The van der Waals surface area contributed by atoms with Gasteiger partial charge in [0, 0.05) is 0 Å². The minimum absolute atomic E-state index is 0.161. The summed E-state index contributed by atoms with van der Waals surface area (Å²) in [4.78, 5) is 0. The molecule has 1 nitrogen and oxygen atoms in total. The van der Waals surface area contributed by atoms with Crippen LogP contribution < -0.4 is 0 Å². The van der Waals surface area contributed by atoms with E-state index < -0.39 is 32.0 Å². The van der Waals surface area contributed by atoms with Gasteiger partial charge >= 0.3 is 112 Å². The Labute approximate surface area is 112 Å². The summed E-state index contributed by atoms with van der Waals surface area (Å²) in [6.07, 6.45) is -0.401. The molecule has 0 unspecified atom stereocenters. The molecule has 1 heterocycles. The fourth-order valence-corrected chi connectivity index (χ4v) is 4.96. The molecule has 0 fully saturated rings. The summed E-state index contributed by atoms with van der Waals surface area (Å²) in [7, 11) is 0. The van der Waals surface area contributed by atoms with Crippen LogP contribution in [0.2, 0.25) is 0 Å². The van der Waals surface area contributed by atoms with E-state index in [2.05, 4.69) is 13.0 Å². The van der Waals surface area contributed by atoms with Gasteiger partial charge in [0.15, 0.2) is 0 Å². The van der Waals surface area contributed by atoms with Gasteiger partial charge in [-0.15, -0.1) is 0 Å². The number of rotatable bonds is 2. The second-order valence-corrected chi connectivity index (χ2v) is 9.13. The monoisotopic (exact) mass is 370 g/mol. The van der Waals surface area contributed by atoms with E-state index in [1.807, 2.05) is 6.08 Å². The van der Waals surface area contributed by atoms with Crippen molar-refractivity contribution in [2.45, 2.75) is 19.2 Å². The number of alkyl halides is 5. The molecule has 18 heavy (non-hydrogen) atoms. The van der Waals surface area contributed by atoms with Crippen molar-refractivity contribution < 1.29 is 16.2 Å². The Kier molecular flexibility index (Phi) is 4.32. The summed E-state index contributed by atoms with van der Waals surface area (Å²) >= 11 is -1.36. The van der Waals surface area contributed by atoms with Crippen LogP contribution in [0.1, 0.15) is 24.2 Å². The third-order valence-corrected chi connectivity index (χ3v) is 7.12. The normalized spacial score (nSPS) is 22.2. The van der Waals surface area contributed by atoms with Crippen molar-refractivity contribution in [3.63, 3.8) is 0 Å². The van der Waals surface area contributed by atoms with Crippen molar-refractivity contribution >= 4 is 20.2 Å². The Bertz CT molecular complexity index is 425. The first-order valence-corrected chi connectivity index (χ1v) is 9.57. The van der Waals surface area contributed by atoms with E-state index >= 15 is 0 Å². The molecule has 0 amide bonds. The summed E-state index contributed by atoms with van der Waals surface area (Å²) < 4.78 is 45.3. The van der Waals surface area contributed by atoms with Crippen molar-refractivity contribution in [2.75, 3.05) is 8.86 Å². The molecule has 1 atom stereocenters. The molecular weight excluding hydrogens is 356 g/mol. The molecule has 0 N–H and O–H groups in total. The zero-order valence-electron chi connectivity index (χ0n) is 9.88. The van der Waals surface area contributed by atoms with E-state index in [9.17, 15) is 13.2 Å². The predicted octanol–water partition coefficient (Wildman–Crippen LogP) is 4.77. The van der Waals surface area contributed by atoms with Gasteiger partial charge in [-0.1, -0.05) is 0 Å². The van der Waals surface area contributed by atoms with Gasteiger partial charge in [-0.2, -0.15) is 0 Å². The average Bonchev–Trinajstić information content (AvgIpc) is 2.38. The number of benzene rings is 1. The molecule has 1 aliphatic rings. The van der Waals surface area contributed by atoms with E-state index in [0.717, 1.165) is 26.6 Å². The Morgan fingerprint density at radius 2 is 1.94 bits per heavy atom. The molecule has 0 bridgehead atoms. The summed E-state index contributed by atoms with van der Waals surface area (Å²) in [5.74, 6) is 0. The third-order valence-electron chi connectivity index (χ3n) is 2.66. The zero-order valence-corrected chi connectivity index (χ0v) is 12.0. The van der Waals surface area contributed by atoms with E-state index in [1.54, 1.807) is 0 Å². The van der Waals surface area contributed by atoms with E-state index in [4.69, 9.17) is 3.07 Å². The second-order valence-electron chi connectivity index (χ2n) is 3.89. The SMILES string of the molecule is CCI1CC=C[C@@H](c2ccc(C(F)(F)F)cc2)O1. The maximum atomic E-state index is 12.4. The summed E-state index contributed by atoms with van der Waals surface area (Å²) in [6, 6.07) is 5.25. The zero-order chi connectivity index (χ0) is 13.2. The molecule has 0 radical (unpaired) electrons. The first-order chi connectivity index (χ1) is 8.50. The van der Waals surface area contributed by atoms with Crippen molar-refractivity contribution in [3.05, 3.63) is 47.5 Å². The van der Waals surface area contributed by atoms with Gasteiger partial charge in [0.1, 0.15) is 0 Å². The number of halogens is 4. The Morgan fingerprint density at radius 3 is 2.50 bits per heavy atom. The maximum absolute atomic E-state index is 12.4. The van der Waals surface area contributed by atoms with Crippen LogP contribution in [-0.2, 0) is 9.24 Å². The molecule has 1 aromatic rings. The van der Waals surface area contributed by atoms with Crippen LogP contribution in [0.25, 0.3) is 0 Å². The molecule has 0 aromatic heterocycles. The van der Waals surface area contributed by atoms with Gasteiger partial charge in [0.25, 0.3) is 0 Å². The minimum atomic E-state index is -4.27. The molecule has 0 aliphatic carbocycles. The van der Waals surface area contributed by atoms with E-state index in [1.165, 1.54) is 12.1 Å². The molecule has 1 aliphatic heterocycles. The molecule has 2 rings (SSSR count). The molecule has 5 heteroatoms. The standard InChI is InChI=1S/C13H14F3IO/c1-2-17-9-3-4-12(18-17)10-5-7-11(8-6-10)13(14,15)16/h3-8,12H,2,9H2,1H3/t12-/m0/s1. The fourth-order valence-electron chi connectivity index (χ4n) is 1.67. The van der Waals surface area contributed by atoms with Crippen molar-refractivity contribution in [3.8, 4) is 0 Å². The number of allylic oxidation sites excluding steroid dienone is 1. The van der Waals surface area contributed by atoms with Crippen LogP contribution in [0.15, 0.2) is 36.4 Å². The number of hydrogen-bond donors (Lipinski definition) is 0. The third kappa shape index (κ3) is 3.26. The summed E-state index contributed by atoms with van der Waals surface area (Å²) in [5, 5.41) is 0. The van der Waals surface area contributed by atoms with Gasteiger partial charge in [-0.05, 0) is 0 Å². The summed E-state index contributed by atoms with van der Waals surface area (Å²) in [6.45, 7) is 2.10. The molecule has 0 spiro atoms. The topological polar surface area (TPSA) is 9.23 Å². The molecule has 0 saturated carbocycles. The molecule has 1 aromatic carbocycles. The Balaban J connectivity index is 2.15. The van der Waals surface area contributed by atoms with Crippen LogP contribution in [0.4, 0.5) is 13.2 Å². The van der Waals surface area contributed by atoms with E-state index in [0.29, 0.717) is 0 Å². The first-order valence-electron chi connectivity index (χ1n) is 5.63. The van der Waals surface area contributed by atoms with Gasteiger partial charge in [0.2, 0.25) is 0 Å². The van der Waals surface area contributed by atoms with Gasteiger partial charge in [-0.3, -0.25) is 0 Å². The quantitative estimate of drug-likeness (QED) is 0.414. The van der Waals surface area contributed by atoms with E-state index in [-0.39, 0.29) is 6.10 Å². The van der Waals surface area contributed by atoms with Crippen LogP contribution in [0.3, 0.4) is 0 Å². The predicted molar refractivity (Wildman–Crippen MR) is 73.8 cm³/mol. The fraction of sp³-hybridized carbons (Fsp3) is 0.385. The average molecular weight is 370 g/mol. The van der Waals surface area contributed by atoms with Crippen LogP contribution in [0.5, 0.6) is 0 Å².